The normalized spacial score (nSPS) is 22.9. The van der Waals surface area contributed by atoms with Crippen molar-refractivity contribution in [1.82, 2.24) is 9.97 Å². The Morgan fingerprint density at radius 2 is 1.75 bits per heavy atom. The molecule has 0 unspecified atom stereocenters. The summed E-state index contributed by atoms with van der Waals surface area (Å²) >= 11 is 3.60. The lowest BCUT2D eigenvalue weighted by molar-refractivity contribution is 0.345. The highest BCUT2D eigenvalue weighted by molar-refractivity contribution is 9.09. The molecule has 2 rings (SSSR count). The van der Waals surface area contributed by atoms with Gasteiger partial charge in [0.25, 0.3) is 0 Å². The molecule has 1 aromatic rings. The molecule has 1 aliphatic carbocycles. The minimum atomic E-state index is 0.597. The van der Waals surface area contributed by atoms with E-state index in [4.69, 9.17) is 0 Å². The lowest BCUT2D eigenvalue weighted by atomic mass is 9.82. The molecule has 0 amide bonds. The summed E-state index contributed by atoms with van der Waals surface area (Å²) in [6.45, 7) is 2.25. The van der Waals surface area contributed by atoms with E-state index in [-0.39, 0.29) is 0 Å². The quantitative estimate of drug-likeness (QED) is 0.500. The molecule has 112 valence electrons. The summed E-state index contributed by atoms with van der Waals surface area (Å²) in [7, 11) is 0. The number of rotatable bonds is 7. The Morgan fingerprint density at radius 1 is 1.05 bits per heavy atom. The Labute approximate surface area is 131 Å². The molecule has 1 aromatic heterocycles. The van der Waals surface area contributed by atoms with Crippen molar-refractivity contribution in [2.45, 2.75) is 70.6 Å². The van der Waals surface area contributed by atoms with Crippen molar-refractivity contribution in [2.75, 3.05) is 5.33 Å². The standard InChI is InChI=1S/C17H27BrN2/c1-2-3-4-5-6-15-12-19-17(20-13-15)16-9-7-14(11-18)8-10-16/h12-14,16H,2-11H2,1H3. The molecule has 1 saturated carbocycles. The van der Waals surface area contributed by atoms with Gasteiger partial charge < -0.3 is 0 Å². The third-order valence-electron chi connectivity index (χ3n) is 4.47. The van der Waals surface area contributed by atoms with Crippen molar-refractivity contribution >= 4 is 15.9 Å². The van der Waals surface area contributed by atoms with Crippen molar-refractivity contribution in [3.05, 3.63) is 23.8 Å². The fourth-order valence-electron chi connectivity index (χ4n) is 3.04. The molecule has 0 N–H and O–H groups in total. The monoisotopic (exact) mass is 338 g/mol. The van der Waals surface area contributed by atoms with Gasteiger partial charge in [-0.2, -0.15) is 0 Å². The highest BCUT2D eigenvalue weighted by Crippen LogP contribution is 2.34. The Hall–Kier alpha value is -0.440. The largest absolute Gasteiger partial charge is 0.241 e. The summed E-state index contributed by atoms with van der Waals surface area (Å²) < 4.78 is 0. The maximum atomic E-state index is 4.63. The molecule has 2 nitrogen and oxygen atoms in total. The van der Waals surface area contributed by atoms with Crippen LogP contribution in [0.5, 0.6) is 0 Å². The van der Waals surface area contributed by atoms with Crippen LogP contribution in [0.2, 0.25) is 0 Å². The zero-order valence-corrected chi connectivity index (χ0v) is 14.2. The first-order valence-electron chi connectivity index (χ1n) is 8.20. The fraction of sp³-hybridized carbons (Fsp3) is 0.765. The van der Waals surface area contributed by atoms with Crippen molar-refractivity contribution < 1.29 is 0 Å². The van der Waals surface area contributed by atoms with Gasteiger partial charge in [0.1, 0.15) is 5.82 Å². The van der Waals surface area contributed by atoms with E-state index in [2.05, 4.69) is 45.2 Å². The topological polar surface area (TPSA) is 25.8 Å². The molecule has 0 atom stereocenters. The first kappa shape index (κ1) is 15.9. The molecule has 1 fully saturated rings. The molecule has 3 heteroatoms. The minimum absolute atomic E-state index is 0.597. The lowest BCUT2D eigenvalue weighted by Crippen LogP contribution is -2.16. The lowest BCUT2D eigenvalue weighted by Gasteiger charge is -2.26. The van der Waals surface area contributed by atoms with E-state index in [1.54, 1.807) is 0 Å². The number of alkyl halides is 1. The van der Waals surface area contributed by atoms with Crippen LogP contribution in [0.4, 0.5) is 0 Å². The maximum Gasteiger partial charge on any atom is 0.131 e. The van der Waals surface area contributed by atoms with Crippen LogP contribution in [0.1, 0.15) is 75.6 Å². The number of aromatic nitrogens is 2. The first-order chi connectivity index (χ1) is 9.83. The van der Waals surface area contributed by atoms with Crippen LogP contribution in [0.25, 0.3) is 0 Å². The molecule has 0 saturated heterocycles. The second-order valence-electron chi connectivity index (χ2n) is 6.13. The number of halogens is 1. The minimum Gasteiger partial charge on any atom is -0.241 e. The van der Waals surface area contributed by atoms with Gasteiger partial charge in [0, 0.05) is 23.6 Å². The van der Waals surface area contributed by atoms with E-state index in [0.29, 0.717) is 5.92 Å². The van der Waals surface area contributed by atoms with Gasteiger partial charge in [-0.1, -0.05) is 42.1 Å². The summed E-state index contributed by atoms with van der Waals surface area (Å²) in [5.41, 5.74) is 1.30. The van der Waals surface area contributed by atoms with Gasteiger partial charge in [0.05, 0.1) is 0 Å². The van der Waals surface area contributed by atoms with E-state index in [9.17, 15) is 0 Å². The van der Waals surface area contributed by atoms with E-state index >= 15 is 0 Å². The maximum absolute atomic E-state index is 4.63. The summed E-state index contributed by atoms with van der Waals surface area (Å²) in [6, 6.07) is 0. The SMILES string of the molecule is CCCCCCc1cnc(C2CCC(CBr)CC2)nc1. The Kier molecular flexibility index (Phi) is 6.98. The van der Waals surface area contributed by atoms with Crippen LogP contribution in [0.15, 0.2) is 12.4 Å². The molecule has 0 aliphatic heterocycles. The Bertz CT molecular complexity index is 369. The van der Waals surface area contributed by atoms with Crippen LogP contribution in [-0.2, 0) is 6.42 Å². The molecule has 0 radical (unpaired) electrons. The van der Waals surface area contributed by atoms with Crippen LogP contribution in [0, 0.1) is 5.92 Å². The Morgan fingerprint density at radius 3 is 2.35 bits per heavy atom. The number of hydrogen-bond acceptors (Lipinski definition) is 2. The van der Waals surface area contributed by atoms with Crippen LogP contribution in [-0.4, -0.2) is 15.3 Å². The van der Waals surface area contributed by atoms with Gasteiger partial charge >= 0.3 is 0 Å². The third-order valence-corrected chi connectivity index (χ3v) is 5.39. The molecule has 0 spiro atoms. The van der Waals surface area contributed by atoms with E-state index < -0.39 is 0 Å². The predicted molar refractivity (Wildman–Crippen MR) is 88.4 cm³/mol. The van der Waals surface area contributed by atoms with Crippen LogP contribution >= 0.6 is 15.9 Å². The molecule has 0 bridgehead atoms. The number of unbranched alkanes of at least 4 members (excludes halogenated alkanes) is 3. The first-order valence-corrected chi connectivity index (χ1v) is 9.32. The average molecular weight is 339 g/mol. The molecule has 20 heavy (non-hydrogen) atoms. The predicted octanol–water partition coefficient (Wildman–Crippen LogP) is 5.27. The average Bonchev–Trinajstić information content (AvgIpc) is 2.52. The van der Waals surface area contributed by atoms with E-state index in [1.807, 2.05) is 0 Å². The zero-order valence-electron chi connectivity index (χ0n) is 12.7. The third kappa shape index (κ3) is 4.83. The number of nitrogens with zero attached hydrogens (tertiary/aromatic N) is 2. The fourth-order valence-corrected chi connectivity index (χ4v) is 3.68. The molecular formula is C17H27BrN2. The second kappa shape index (κ2) is 8.76. The number of hydrogen-bond donors (Lipinski definition) is 0. The highest BCUT2D eigenvalue weighted by atomic mass is 79.9. The zero-order chi connectivity index (χ0) is 14.2. The summed E-state index contributed by atoms with van der Waals surface area (Å²) in [5, 5.41) is 1.15. The van der Waals surface area contributed by atoms with Gasteiger partial charge in [0.2, 0.25) is 0 Å². The summed E-state index contributed by atoms with van der Waals surface area (Å²) in [4.78, 5) is 9.26. The van der Waals surface area contributed by atoms with E-state index in [0.717, 1.165) is 23.5 Å². The van der Waals surface area contributed by atoms with Gasteiger partial charge in [-0.25, -0.2) is 9.97 Å². The second-order valence-corrected chi connectivity index (χ2v) is 6.78. The smallest absolute Gasteiger partial charge is 0.131 e. The van der Waals surface area contributed by atoms with Crippen LogP contribution < -0.4 is 0 Å². The van der Waals surface area contributed by atoms with E-state index in [1.165, 1.54) is 56.9 Å². The van der Waals surface area contributed by atoms with Gasteiger partial charge in [-0.05, 0) is 50.0 Å². The molecule has 0 aromatic carbocycles. The summed E-state index contributed by atoms with van der Waals surface area (Å²) in [6.07, 6.45) is 15.6. The van der Waals surface area contributed by atoms with Crippen molar-refractivity contribution in [2.24, 2.45) is 5.92 Å². The number of aryl methyl sites for hydroxylation is 1. The van der Waals surface area contributed by atoms with Crippen molar-refractivity contribution in [3.8, 4) is 0 Å². The van der Waals surface area contributed by atoms with Gasteiger partial charge in [-0.15, -0.1) is 0 Å². The highest BCUT2D eigenvalue weighted by Gasteiger charge is 2.23. The molecular weight excluding hydrogens is 312 g/mol. The summed E-state index contributed by atoms with van der Waals surface area (Å²) in [5.74, 6) is 2.54. The van der Waals surface area contributed by atoms with Crippen LogP contribution in [0.3, 0.4) is 0 Å². The van der Waals surface area contributed by atoms with Gasteiger partial charge in [-0.3, -0.25) is 0 Å². The Balaban J connectivity index is 1.79. The van der Waals surface area contributed by atoms with Crippen molar-refractivity contribution in [1.29, 1.82) is 0 Å². The molecule has 1 heterocycles. The molecule has 1 aliphatic rings. The van der Waals surface area contributed by atoms with Crippen molar-refractivity contribution in [3.63, 3.8) is 0 Å². The van der Waals surface area contributed by atoms with Gasteiger partial charge in [0.15, 0.2) is 0 Å².